The quantitative estimate of drug-likeness (QED) is 0.241. The standard InChI is InChI=1S/C24H25NO3.C6H14O2.C2H4/c1-16-6-9-20(26)14-22(16)18-4-3-5-21(13-18)28-15-17-7-10-23-19(12-17)8-11-24(27)25(23)2;1-4-7-6(3)8-5-2;1-2/h3-5,7-8,10-13,16,22H,6,9,14-15H2,1-2H3;6H,4-5H2,1-3H3;1-2H2. The summed E-state index contributed by atoms with van der Waals surface area (Å²) in [4.78, 5) is 23.6. The molecule has 0 N–H and O–H groups in total. The third kappa shape index (κ3) is 8.96. The van der Waals surface area contributed by atoms with Crippen molar-refractivity contribution in [3.63, 3.8) is 0 Å². The van der Waals surface area contributed by atoms with Crippen LogP contribution < -0.4 is 10.3 Å². The first-order chi connectivity index (χ1) is 18.3. The number of Topliss-reactive ketones (excluding diaryl/α,β-unsaturated/α-hetero) is 1. The van der Waals surface area contributed by atoms with E-state index in [-0.39, 0.29) is 17.8 Å². The van der Waals surface area contributed by atoms with E-state index in [0.29, 0.717) is 31.1 Å². The van der Waals surface area contributed by atoms with E-state index in [2.05, 4.69) is 38.3 Å². The molecule has 6 heteroatoms. The van der Waals surface area contributed by atoms with Crippen molar-refractivity contribution in [2.75, 3.05) is 13.2 Å². The van der Waals surface area contributed by atoms with Crippen LogP contribution in [0, 0.1) is 5.92 Å². The van der Waals surface area contributed by atoms with Gasteiger partial charge in [-0.05, 0) is 85.9 Å². The van der Waals surface area contributed by atoms with Gasteiger partial charge in [-0.2, -0.15) is 0 Å². The molecular weight excluding hydrogens is 478 g/mol. The minimum absolute atomic E-state index is 0.0104. The molecule has 38 heavy (non-hydrogen) atoms. The van der Waals surface area contributed by atoms with Gasteiger partial charge in [-0.25, -0.2) is 0 Å². The van der Waals surface area contributed by atoms with Crippen LogP contribution in [0.4, 0.5) is 0 Å². The van der Waals surface area contributed by atoms with Crippen molar-refractivity contribution in [1.82, 2.24) is 4.57 Å². The summed E-state index contributed by atoms with van der Waals surface area (Å²) >= 11 is 0. The highest BCUT2D eigenvalue weighted by molar-refractivity contribution is 5.80. The van der Waals surface area contributed by atoms with Gasteiger partial charge in [-0.3, -0.25) is 9.59 Å². The zero-order valence-electron chi connectivity index (χ0n) is 23.6. The van der Waals surface area contributed by atoms with Crippen LogP contribution in [0.1, 0.15) is 64.0 Å². The first kappa shape index (κ1) is 31.0. The van der Waals surface area contributed by atoms with E-state index in [1.807, 2.05) is 51.1 Å². The highest BCUT2D eigenvalue weighted by Gasteiger charge is 2.27. The number of carbonyl (C=O) groups is 1. The Morgan fingerprint density at radius 2 is 1.71 bits per heavy atom. The Morgan fingerprint density at radius 3 is 2.39 bits per heavy atom. The number of hydrogen-bond donors (Lipinski definition) is 0. The topological polar surface area (TPSA) is 66.8 Å². The summed E-state index contributed by atoms with van der Waals surface area (Å²) in [7, 11) is 1.78. The molecule has 206 valence electrons. The number of hydrogen-bond acceptors (Lipinski definition) is 5. The third-order valence-electron chi connectivity index (χ3n) is 6.70. The fraction of sp³-hybridized carbons (Fsp3) is 0.438. The average molecular weight is 522 g/mol. The molecule has 2 aromatic carbocycles. The molecule has 1 heterocycles. The van der Waals surface area contributed by atoms with E-state index >= 15 is 0 Å². The normalized spacial score (nSPS) is 16.8. The Morgan fingerprint density at radius 1 is 1.00 bits per heavy atom. The van der Waals surface area contributed by atoms with Gasteiger partial charge in [-0.15, -0.1) is 13.2 Å². The van der Waals surface area contributed by atoms with Crippen LogP contribution in [0.2, 0.25) is 0 Å². The van der Waals surface area contributed by atoms with Crippen molar-refractivity contribution in [1.29, 1.82) is 0 Å². The Bertz CT molecular complexity index is 1210. The molecule has 3 aromatic rings. The smallest absolute Gasteiger partial charge is 0.250 e. The number of nitrogens with zero attached hydrogens (tertiary/aromatic N) is 1. The molecule has 1 aliphatic carbocycles. The zero-order chi connectivity index (χ0) is 28.1. The number of rotatable bonds is 8. The summed E-state index contributed by atoms with van der Waals surface area (Å²) in [6.07, 6.45) is 2.27. The number of benzene rings is 2. The van der Waals surface area contributed by atoms with E-state index in [9.17, 15) is 9.59 Å². The fourth-order valence-electron chi connectivity index (χ4n) is 4.63. The van der Waals surface area contributed by atoms with Gasteiger partial charge in [-0.1, -0.05) is 25.1 Å². The van der Waals surface area contributed by atoms with Crippen molar-refractivity contribution in [2.45, 2.75) is 65.8 Å². The van der Waals surface area contributed by atoms with Crippen LogP contribution in [0.15, 0.2) is 72.5 Å². The van der Waals surface area contributed by atoms with Crippen molar-refractivity contribution in [2.24, 2.45) is 13.0 Å². The Kier molecular flexibility index (Phi) is 13.0. The number of ether oxygens (including phenoxy) is 3. The lowest BCUT2D eigenvalue weighted by atomic mass is 9.76. The van der Waals surface area contributed by atoms with Crippen molar-refractivity contribution < 1.29 is 19.0 Å². The number of carbonyl (C=O) groups excluding carboxylic acids is 1. The summed E-state index contributed by atoms with van der Waals surface area (Å²) in [5, 5.41) is 1.02. The van der Waals surface area contributed by atoms with Gasteiger partial charge in [0.2, 0.25) is 0 Å². The second-order valence-corrected chi connectivity index (χ2v) is 9.33. The number of aryl methyl sites for hydroxylation is 1. The molecule has 1 fully saturated rings. The number of pyridine rings is 1. The van der Waals surface area contributed by atoms with E-state index in [0.717, 1.165) is 41.9 Å². The molecule has 1 saturated carbocycles. The molecule has 2 unspecified atom stereocenters. The molecule has 0 radical (unpaired) electrons. The predicted molar refractivity (Wildman–Crippen MR) is 155 cm³/mol. The third-order valence-corrected chi connectivity index (χ3v) is 6.70. The molecule has 2 atom stereocenters. The van der Waals surface area contributed by atoms with Gasteiger partial charge in [0.15, 0.2) is 6.29 Å². The van der Waals surface area contributed by atoms with Gasteiger partial charge in [0, 0.05) is 39.2 Å². The second-order valence-electron chi connectivity index (χ2n) is 9.33. The Balaban J connectivity index is 0.000000437. The van der Waals surface area contributed by atoms with Gasteiger partial charge in [0.25, 0.3) is 5.56 Å². The summed E-state index contributed by atoms with van der Waals surface area (Å²) in [6.45, 7) is 15.9. The minimum atomic E-state index is -0.0370. The lowest BCUT2D eigenvalue weighted by Gasteiger charge is -2.28. The first-order valence-electron chi connectivity index (χ1n) is 13.4. The highest BCUT2D eigenvalue weighted by Crippen LogP contribution is 2.37. The molecule has 0 spiro atoms. The maximum absolute atomic E-state index is 11.9. The number of fused-ring (bicyclic) bond motifs is 1. The maximum atomic E-state index is 11.9. The number of ketones is 1. The SMILES string of the molecule is C=C.CC1CCC(=O)CC1c1cccc(OCc2ccc3c(ccc(=O)n3C)c2)c1.CCOC(C)OCC. The van der Waals surface area contributed by atoms with E-state index in [1.54, 1.807) is 17.7 Å². The molecule has 1 aromatic heterocycles. The van der Waals surface area contributed by atoms with E-state index < -0.39 is 0 Å². The largest absolute Gasteiger partial charge is 0.489 e. The summed E-state index contributed by atoms with van der Waals surface area (Å²) in [6, 6.07) is 17.6. The van der Waals surface area contributed by atoms with Crippen LogP contribution >= 0.6 is 0 Å². The monoisotopic (exact) mass is 521 g/mol. The lowest BCUT2D eigenvalue weighted by Crippen LogP contribution is -2.21. The van der Waals surface area contributed by atoms with Crippen molar-refractivity contribution in [3.8, 4) is 5.75 Å². The lowest BCUT2D eigenvalue weighted by molar-refractivity contribution is -0.123. The molecular formula is C32H43NO5. The Labute approximate surface area is 227 Å². The van der Waals surface area contributed by atoms with E-state index in [4.69, 9.17) is 14.2 Å². The van der Waals surface area contributed by atoms with Crippen LogP contribution in [0.5, 0.6) is 5.75 Å². The average Bonchev–Trinajstić information content (AvgIpc) is 2.93. The van der Waals surface area contributed by atoms with Gasteiger partial charge >= 0.3 is 0 Å². The molecule has 0 bridgehead atoms. The van der Waals surface area contributed by atoms with Crippen LogP contribution in [-0.2, 0) is 27.9 Å². The number of aromatic nitrogens is 1. The van der Waals surface area contributed by atoms with Crippen LogP contribution in [0.3, 0.4) is 0 Å². The maximum Gasteiger partial charge on any atom is 0.250 e. The first-order valence-corrected chi connectivity index (χ1v) is 13.4. The van der Waals surface area contributed by atoms with Crippen molar-refractivity contribution >= 4 is 16.7 Å². The molecule has 4 rings (SSSR count). The summed E-state index contributed by atoms with van der Waals surface area (Å²) in [5.74, 6) is 1.98. The summed E-state index contributed by atoms with van der Waals surface area (Å²) in [5.41, 5.74) is 3.14. The molecule has 6 nitrogen and oxygen atoms in total. The molecule has 0 amide bonds. The zero-order valence-corrected chi connectivity index (χ0v) is 23.6. The van der Waals surface area contributed by atoms with Crippen LogP contribution in [0.25, 0.3) is 10.9 Å². The highest BCUT2D eigenvalue weighted by atomic mass is 16.7. The summed E-state index contributed by atoms with van der Waals surface area (Å²) < 4.78 is 17.8. The predicted octanol–water partition coefficient (Wildman–Crippen LogP) is 6.80. The minimum Gasteiger partial charge on any atom is -0.489 e. The Hall–Kier alpha value is -3.22. The van der Waals surface area contributed by atoms with Gasteiger partial charge < -0.3 is 18.8 Å². The second kappa shape index (κ2) is 15.9. The van der Waals surface area contributed by atoms with Gasteiger partial charge in [0.05, 0.1) is 5.52 Å². The molecule has 1 aliphatic rings. The van der Waals surface area contributed by atoms with E-state index in [1.165, 1.54) is 5.56 Å². The van der Waals surface area contributed by atoms with Crippen LogP contribution in [-0.4, -0.2) is 29.9 Å². The van der Waals surface area contributed by atoms with Gasteiger partial charge in [0.1, 0.15) is 18.1 Å². The molecule has 0 aliphatic heterocycles. The molecule has 0 saturated heterocycles. The van der Waals surface area contributed by atoms with Crippen molar-refractivity contribution in [3.05, 3.63) is 89.2 Å². The fourth-order valence-corrected chi connectivity index (χ4v) is 4.63.